The zero-order valence-electron chi connectivity index (χ0n) is 9.03. The maximum absolute atomic E-state index is 11.8. The van der Waals surface area contributed by atoms with E-state index in [4.69, 9.17) is 6.42 Å². The van der Waals surface area contributed by atoms with Gasteiger partial charge >= 0.3 is 0 Å². The van der Waals surface area contributed by atoms with E-state index in [1.54, 1.807) is 4.90 Å². The van der Waals surface area contributed by atoms with Gasteiger partial charge in [0.15, 0.2) is 0 Å². The van der Waals surface area contributed by atoms with Crippen molar-refractivity contribution in [3.8, 4) is 12.3 Å². The average Bonchev–Trinajstić information content (AvgIpc) is 2.64. The third kappa shape index (κ3) is 1.85. The number of hydrogen-bond donors (Lipinski definition) is 0. The van der Waals surface area contributed by atoms with Gasteiger partial charge in [-0.1, -0.05) is 22.0 Å². The quantitative estimate of drug-likeness (QED) is 0.723. The molecule has 1 heterocycles. The molecule has 0 aliphatic carbocycles. The Bertz CT molecular complexity index is 475. The van der Waals surface area contributed by atoms with E-state index in [1.165, 1.54) is 0 Å². The fourth-order valence-electron chi connectivity index (χ4n) is 1.94. The van der Waals surface area contributed by atoms with Gasteiger partial charge in [0.2, 0.25) is 5.91 Å². The molecule has 1 aliphatic rings. The van der Waals surface area contributed by atoms with E-state index >= 15 is 0 Å². The van der Waals surface area contributed by atoms with Crippen LogP contribution in [0, 0.1) is 25.2 Å². The van der Waals surface area contributed by atoms with E-state index in [1.807, 2.05) is 25.1 Å². The first-order valence-electron chi connectivity index (χ1n) is 5.15. The highest BCUT2D eigenvalue weighted by molar-refractivity contribution is 9.10. The summed E-state index contributed by atoms with van der Waals surface area (Å²) in [6.45, 7) is 2.63. The first-order chi connectivity index (χ1) is 7.63. The second-order valence-corrected chi connectivity index (χ2v) is 4.81. The Morgan fingerprint density at radius 1 is 1.56 bits per heavy atom. The Morgan fingerprint density at radius 2 is 2.31 bits per heavy atom. The minimum Gasteiger partial charge on any atom is -0.311 e. The third-order valence-electron chi connectivity index (χ3n) is 2.89. The predicted molar refractivity (Wildman–Crippen MR) is 68.2 cm³/mol. The molecule has 1 unspecified atom stereocenters. The van der Waals surface area contributed by atoms with Gasteiger partial charge in [-0.3, -0.25) is 4.79 Å². The molecule has 1 aliphatic heterocycles. The van der Waals surface area contributed by atoms with E-state index in [0.29, 0.717) is 13.0 Å². The van der Waals surface area contributed by atoms with Crippen LogP contribution in [0.25, 0.3) is 0 Å². The standard InChI is InChI=1S/C13H12BrNO/c1-3-10-7-13(16)15(8-10)12-6-4-5-11(14)9(12)2/h1,4-6,10H,7-8H2,2H3. The number of terminal acetylenes is 1. The number of hydrogen-bond acceptors (Lipinski definition) is 1. The van der Waals surface area contributed by atoms with Crippen molar-refractivity contribution >= 4 is 27.5 Å². The molecule has 1 saturated heterocycles. The molecular weight excluding hydrogens is 266 g/mol. The zero-order chi connectivity index (χ0) is 11.7. The number of anilines is 1. The molecule has 0 N–H and O–H groups in total. The van der Waals surface area contributed by atoms with Gasteiger partial charge in [-0.15, -0.1) is 12.3 Å². The smallest absolute Gasteiger partial charge is 0.228 e. The summed E-state index contributed by atoms with van der Waals surface area (Å²) in [4.78, 5) is 13.6. The van der Waals surface area contributed by atoms with Crippen LogP contribution in [-0.4, -0.2) is 12.5 Å². The van der Waals surface area contributed by atoms with Crippen molar-refractivity contribution in [1.29, 1.82) is 0 Å². The summed E-state index contributed by atoms with van der Waals surface area (Å²) in [5.74, 6) is 2.82. The number of carbonyl (C=O) groups excluding carboxylic acids is 1. The van der Waals surface area contributed by atoms with Gasteiger partial charge in [0, 0.05) is 29.0 Å². The highest BCUT2D eigenvalue weighted by atomic mass is 79.9. The highest BCUT2D eigenvalue weighted by Crippen LogP contribution is 2.31. The van der Waals surface area contributed by atoms with Gasteiger partial charge in [0.25, 0.3) is 0 Å². The Hall–Kier alpha value is -1.27. The fourth-order valence-corrected chi connectivity index (χ4v) is 2.30. The summed E-state index contributed by atoms with van der Waals surface area (Å²) in [6, 6.07) is 5.86. The van der Waals surface area contributed by atoms with Gasteiger partial charge in [0.05, 0.1) is 0 Å². The number of amides is 1. The molecule has 0 aromatic heterocycles. The van der Waals surface area contributed by atoms with Crippen LogP contribution in [0.4, 0.5) is 5.69 Å². The summed E-state index contributed by atoms with van der Waals surface area (Å²) >= 11 is 3.47. The lowest BCUT2D eigenvalue weighted by Gasteiger charge is -2.19. The maximum Gasteiger partial charge on any atom is 0.228 e. The van der Waals surface area contributed by atoms with Crippen LogP contribution in [0.3, 0.4) is 0 Å². The Morgan fingerprint density at radius 3 is 2.94 bits per heavy atom. The SMILES string of the molecule is C#CC1CC(=O)N(c2cccc(Br)c2C)C1. The first-order valence-corrected chi connectivity index (χ1v) is 5.94. The van der Waals surface area contributed by atoms with Crippen molar-refractivity contribution in [2.45, 2.75) is 13.3 Å². The largest absolute Gasteiger partial charge is 0.311 e. The monoisotopic (exact) mass is 277 g/mol. The van der Waals surface area contributed by atoms with Gasteiger partial charge in [-0.25, -0.2) is 0 Å². The van der Waals surface area contributed by atoms with Crippen LogP contribution in [0.15, 0.2) is 22.7 Å². The van der Waals surface area contributed by atoms with E-state index in [9.17, 15) is 4.79 Å². The third-order valence-corrected chi connectivity index (χ3v) is 3.75. The van der Waals surface area contributed by atoms with Crippen LogP contribution < -0.4 is 4.90 Å². The van der Waals surface area contributed by atoms with E-state index in [0.717, 1.165) is 15.7 Å². The van der Waals surface area contributed by atoms with E-state index in [2.05, 4.69) is 21.9 Å². The number of benzene rings is 1. The molecule has 0 bridgehead atoms. The summed E-state index contributed by atoms with van der Waals surface area (Å²) in [6.07, 6.45) is 5.83. The molecule has 1 atom stereocenters. The van der Waals surface area contributed by atoms with Crippen molar-refractivity contribution < 1.29 is 4.79 Å². The number of nitrogens with zero attached hydrogens (tertiary/aromatic N) is 1. The molecule has 0 spiro atoms. The molecule has 1 amide bonds. The van der Waals surface area contributed by atoms with Gasteiger partial charge in [-0.2, -0.15) is 0 Å². The van der Waals surface area contributed by atoms with Crippen LogP contribution in [0.2, 0.25) is 0 Å². The summed E-state index contributed by atoms with van der Waals surface area (Å²) in [7, 11) is 0. The van der Waals surface area contributed by atoms with Crippen molar-refractivity contribution in [3.05, 3.63) is 28.2 Å². The lowest BCUT2D eigenvalue weighted by molar-refractivity contribution is -0.117. The zero-order valence-corrected chi connectivity index (χ0v) is 10.6. The molecule has 3 heteroatoms. The number of halogens is 1. The molecule has 82 valence electrons. The molecule has 1 fully saturated rings. The second-order valence-electron chi connectivity index (χ2n) is 3.96. The van der Waals surface area contributed by atoms with Crippen LogP contribution >= 0.6 is 15.9 Å². The van der Waals surface area contributed by atoms with Crippen molar-refractivity contribution in [3.63, 3.8) is 0 Å². The molecule has 2 nitrogen and oxygen atoms in total. The second kappa shape index (κ2) is 4.31. The van der Waals surface area contributed by atoms with Crippen molar-refractivity contribution in [2.24, 2.45) is 5.92 Å². The molecule has 2 rings (SSSR count). The predicted octanol–water partition coefficient (Wildman–Crippen LogP) is 2.74. The minimum absolute atomic E-state index is 0.0471. The molecular formula is C13H12BrNO. The topological polar surface area (TPSA) is 20.3 Å². The van der Waals surface area contributed by atoms with Crippen LogP contribution in [-0.2, 0) is 4.79 Å². The highest BCUT2D eigenvalue weighted by Gasteiger charge is 2.30. The Balaban J connectivity index is 2.36. The Kier molecular flexibility index (Phi) is 3.02. The maximum atomic E-state index is 11.8. The summed E-state index contributed by atoms with van der Waals surface area (Å²) in [5, 5.41) is 0. The fraction of sp³-hybridized carbons (Fsp3) is 0.308. The van der Waals surface area contributed by atoms with Crippen LogP contribution in [0.5, 0.6) is 0 Å². The summed E-state index contributed by atoms with van der Waals surface area (Å²) in [5.41, 5.74) is 2.03. The molecule has 0 radical (unpaired) electrons. The summed E-state index contributed by atoms with van der Waals surface area (Å²) < 4.78 is 1.02. The van der Waals surface area contributed by atoms with Gasteiger partial charge < -0.3 is 4.90 Å². The lowest BCUT2D eigenvalue weighted by atomic mass is 10.1. The molecule has 1 aromatic carbocycles. The minimum atomic E-state index is 0.0471. The van der Waals surface area contributed by atoms with Crippen molar-refractivity contribution in [2.75, 3.05) is 11.4 Å². The van der Waals surface area contributed by atoms with Crippen LogP contribution in [0.1, 0.15) is 12.0 Å². The molecule has 0 saturated carbocycles. The van der Waals surface area contributed by atoms with Gasteiger partial charge in [0.1, 0.15) is 0 Å². The number of rotatable bonds is 1. The van der Waals surface area contributed by atoms with E-state index < -0.39 is 0 Å². The Labute approximate surface area is 104 Å². The molecule has 1 aromatic rings. The number of carbonyl (C=O) groups is 1. The first kappa shape index (κ1) is 11.2. The molecule has 16 heavy (non-hydrogen) atoms. The van der Waals surface area contributed by atoms with E-state index in [-0.39, 0.29) is 11.8 Å². The van der Waals surface area contributed by atoms with Gasteiger partial charge in [-0.05, 0) is 24.6 Å². The average molecular weight is 278 g/mol. The normalized spacial score (nSPS) is 19.9. The lowest BCUT2D eigenvalue weighted by Crippen LogP contribution is -2.25. The van der Waals surface area contributed by atoms with Crippen molar-refractivity contribution in [1.82, 2.24) is 0 Å².